The van der Waals surface area contributed by atoms with Crippen molar-refractivity contribution in [3.63, 3.8) is 0 Å². The van der Waals surface area contributed by atoms with Crippen molar-refractivity contribution >= 4 is 17.2 Å². The molecule has 2 N–H and O–H groups in total. The van der Waals surface area contributed by atoms with Crippen molar-refractivity contribution in [3.05, 3.63) is 30.5 Å². The van der Waals surface area contributed by atoms with Crippen LogP contribution in [0, 0.1) is 0 Å². The molecule has 2 heterocycles. The highest BCUT2D eigenvalue weighted by Gasteiger charge is 2.03. The Morgan fingerprint density at radius 3 is 2.69 bits per heavy atom. The standard InChI is InChI=1S/C9H9N5OS/c1-14-5-6(2-13-14)15-8-4-11-7(3-12-8)9(10)16/h2-5H,1H3,(H2,10,16). The fraction of sp³-hybridized carbons (Fsp3) is 0.111. The van der Waals surface area contributed by atoms with Crippen molar-refractivity contribution < 1.29 is 4.74 Å². The lowest BCUT2D eigenvalue weighted by atomic mass is 10.4. The average molecular weight is 235 g/mol. The number of rotatable bonds is 3. The van der Waals surface area contributed by atoms with Gasteiger partial charge in [0.1, 0.15) is 10.7 Å². The van der Waals surface area contributed by atoms with Gasteiger partial charge in [-0.1, -0.05) is 12.2 Å². The molecule has 0 fully saturated rings. The van der Waals surface area contributed by atoms with Crippen molar-refractivity contribution in [1.29, 1.82) is 0 Å². The maximum Gasteiger partial charge on any atom is 0.238 e. The largest absolute Gasteiger partial charge is 0.434 e. The van der Waals surface area contributed by atoms with E-state index in [0.29, 0.717) is 17.3 Å². The van der Waals surface area contributed by atoms with E-state index in [0.717, 1.165) is 0 Å². The molecule has 2 aromatic rings. The second-order valence-corrected chi connectivity index (χ2v) is 3.50. The third kappa shape index (κ3) is 2.31. The Balaban J connectivity index is 2.14. The topological polar surface area (TPSA) is 78.9 Å². The molecule has 0 aliphatic carbocycles. The van der Waals surface area contributed by atoms with E-state index in [4.69, 9.17) is 22.7 Å². The molecule has 82 valence electrons. The van der Waals surface area contributed by atoms with Crippen LogP contribution in [-0.4, -0.2) is 24.7 Å². The first kappa shape index (κ1) is 10.5. The smallest absolute Gasteiger partial charge is 0.238 e. The first-order valence-electron chi connectivity index (χ1n) is 4.43. The zero-order valence-corrected chi connectivity index (χ0v) is 9.31. The summed E-state index contributed by atoms with van der Waals surface area (Å²) in [6, 6.07) is 0. The van der Waals surface area contributed by atoms with Gasteiger partial charge in [-0.15, -0.1) is 0 Å². The Bertz CT molecular complexity index is 507. The van der Waals surface area contributed by atoms with Crippen molar-refractivity contribution in [1.82, 2.24) is 19.7 Å². The van der Waals surface area contributed by atoms with Crippen molar-refractivity contribution in [2.75, 3.05) is 0 Å². The first-order chi connectivity index (χ1) is 7.65. The second-order valence-electron chi connectivity index (χ2n) is 3.06. The summed E-state index contributed by atoms with van der Waals surface area (Å²) < 4.78 is 7.02. The van der Waals surface area contributed by atoms with E-state index < -0.39 is 0 Å². The van der Waals surface area contributed by atoms with Gasteiger partial charge < -0.3 is 10.5 Å². The molecule has 0 aliphatic heterocycles. The number of nitrogens with zero attached hydrogens (tertiary/aromatic N) is 4. The number of ether oxygens (including phenoxy) is 1. The Morgan fingerprint density at radius 2 is 2.19 bits per heavy atom. The molecule has 0 atom stereocenters. The lowest BCUT2D eigenvalue weighted by molar-refractivity contribution is 0.459. The molecule has 0 aliphatic rings. The van der Waals surface area contributed by atoms with E-state index >= 15 is 0 Å². The van der Waals surface area contributed by atoms with Crippen LogP contribution in [0.3, 0.4) is 0 Å². The Hall–Kier alpha value is -2.02. The fourth-order valence-electron chi connectivity index (χ4n) is 1.07. The fourth-order valence-corrected chi connectivity index (χ4v) is 1.17. The van der Waals surface area contributed by atoms with Crippen LogP contribution in [0.4, 0.5) is 0 Å². The van der Waals surface area contributed by atoms with Gasteiger partial charge >= 0.3 is 0 Å². The highest BCUT2D eigenvalue weighted by atomic mass is 32.1. The van der Waals surface area contributed by atoms with E-state index in [2.05, 4.69) is 15.1 Å². The maximum atomic E-state index is 5.39. The van der Waals surface area contributed by atoms with Gasteiger partial charge in [0.2, 0.25) is 5.88 Å². The summed E-state index contributed by atoms with van der Waals surface area (Å²) in [7, 11) is 1.80. The van der Waals surface area contributed by atoms with E-state index in [1.54, 1.807) is 24.1 Å². The molecule has 2 aromatic heterocycles. The maximum absolute atomic E-state index is 5.39. The third-order valence-corrected chi connectivity index (χ3v) is 1.99. The molecular formula is C9H9N5OS. The second kappa shape index (κ2) is 4.23. The predicted molar refractivity (Wildman–Crippen MR) is 61.2 cm³/mol. The van der Waals surface area contributed by atoms with Gasteiger partial charge in [-0.05, 0) is 0 Å². The molecule has 0 saturated carbocycles. The number of thiocarbonyl (C=S) groups is 1. The van der Waals surface area contributed by atoms with Crippen LogP contribution in [0.15, 0.2) is 24.8 Å². The third-order valence-electron chi connectivity index (χ3n) is 1.78. The molecule has 7 heteroatoms. The van der Waals surface area contributed by atoms with Gasteiger partial charge in [-0.3, -0.25) is 4.68 Å². The van der Waals surface area contributed by atoms with Gasteiger partial charge in [-0.25, -0.2) is 9.97 Å². The molecule has 0 radical (unpaired) electrons. The monoisotopic (exact) mass is 235 g/mol. The SMILES string of the molecule is Cn1cc(Oc2cnc(C(N)=S)cn2)cn1. The average Bonchev–Trinajstić information content (AvgIpc) is 2.65. The van der Waals surface area contributed by atoms with Crippen molar-refractivity contribution in [2.45, 2.75) is 0 Å². The molecule has 16 heavy (non-hydrogen) atoms. The summed E-state index contributed by atoms with van der Waals surface area (Å²) in [5.74, 6) is 0.966. The lowest BCUT2D eigenvalue weighted by Gasteiger charge is -2.01. The molecule has 0 bridgehead atoms. The van der Waals surface area contributed by atoms with Crippen LogP contribution >= 0.6 is 12.2 Å². The molecule has 0 aromatic carbocycles. The molecular weight excluding hydrogens is 226 g/mol. The van der Waals surface area contributed by atoms with Crippen LogP contribution in [0.5, 0.6) is 11.6 Å². The highest BCUT2D eigenvalue weighted by Crippen LogP contribution is 2.16. The van der Waals surface area contributed by atoms with Crippen molar-refractivity contribution in [3.8, 4) is 11.6 Å². The summed E-state index contributed by atoms with van der Waals surface area (Å²) in [6.07, 6.45) is 6.24. The molecule has 0 saturated heterocycles. The highest BCUT2D eigenvalue weighted by molar-refractivity contribution is 7.80. The summed E-state index contributed by atoms with van der Waals surface area (Å²) in [4.78, 5) is 8.22. The minimum Gasteiger partial charge on any atom is -0.434 e. The van der Waals surface area contributed by atoms with Gasteiger partial charge in [-0.2, -0.15) is 5.10 Å². The van der Waals surface area contributed by atoms with E-state index in [1.807, 2.05) is 0 Å². The zero-order valence-electron chi connectivity index (χ0n) is 8.49. The van der Waals surface area contributed by atoms with E-state index in [-0.39, 0.29) is 4.99 Å². The van der Waals surface area contributed by atoms with Crippen LogP contribution in [0.25, 0.3) is 0 Å². The molecule has 0 spiro atoms. The van der Waals surface area contributed by atoms with Gasteiger partial charge in [0, 0.05) is 7.05 Å². The quantitative estimate of drug-likeness (QED) is 0.786. The summed E-state index contributed by atoms with van der Waals surface area (Å²) in [5.41, 5.74) is 5.86. The van der Waals surface area contributed by atoms with Crippen LogP contribution in [0.1, 0.15) is 5.69 Å². The lowest BCUT2D eigenvalue weighted by Crippen LogP contribution is -2.11. The number of aromatic nitrogens is 4. The minimum atomic E-state index is 0.209. The normalized spacial score (nSPS) is 10.1. The first-order valence-corrected chi connectivity index (χ1v) is 4.84. The van der Waals surface area contributed by atoms with E-state index in [1.165, 1.54) is 12.4 Å². The van der Waals surface area contributed by atoms with Gasteiger partial charge in [0.25, 0.3) is 0 Å². The molecule has 0 unspecified atom stereocenters. The number of hydrogen-bond acceptors (Lipinski definition) is 5. The Labute approximate surface area is 97.1 Å². The van der Waals surface area contributed by atoms with Crippen LogP contribution in [-0.2, 0) is 7.05 Å². The van der Waals surface area contributed by atoms with Crippen LogP contribution < -0.4 is 10.5 Å². The van der Waals surface area contributed by atoms with Gasteiger partial charge in [0.15, 0.2) is 5.75 Å². The minimum absolute atomic E-state index is 0.209. The Morgan fingerprint density at radius 1 is 1.38 bits per heavy atom. The summed E-state index contributed by atoms with van der Waals surface area (Å²) in [5, 5.41) is 3.96. The zero-order chi connectivity index (χ0) is 11.5. The van der Waals surface area contributed by atoms with Gasteiger partial charge in [0.05, 0.1) is 24.8 Å². The Kier molecular flexibility index (Phi) is 2.78. The molecule has 0 amide bonds. The number of aryl methyl sites for hydroxylation is 1. The van der Waals surface area contributed by atoms with Crippen molar-refractivity contribution in [2.24, 2.45) is 12.8 Å². The number of nitrogens with two attached hydrogens (primary N) is 1. The molecule has 2 rings (SSSR count). The predicted octanol–water partition coefficient (Wildman–Crippen LogP) is 0.637. The van der Waals surface area contributed by atoms with E-state index in [9.17, 15) is 0 Å². The summed E-state index contributed by atoms with van der Waals surface area (Å²) in [6.45, 7) is 0. The van der Waals surface area contributed by atoms with Crippen LogP contribution in [0.2, 0.25) is 0 Å². The molecule has 6 nitrogen and oxygen atoms in total. The number of hydrogen-bond donors (Lipinski definition) is 1. The summed E-state index contributed by atoms with van der Waals surface area (Å²) >= 11 is 4.76.